The normalized spacial score (nSPS) is 10.2. The quantitative estimate of drug-likeness (QED) is 0.875. The second-order valence-corrected chi connectivity index (χ2v) is 4.41. The fraction of sp³-hybridized carbons (Fsp3) is 0.200. The highest BCUT2D eigenvalue weighted by molar-refractivity contribution is 6.05. The van der Waals surface area contributed by atoms with Crippen LogP contribution in [0.2, 0.25) is 0 Å². The molecule has 0 aliphatic rings. The van der Waals surface area contributed by atoms with Gasteiger partial charge in [-0.3, -0.25) is 9.78 Å². The summed E-state index contributed by atoms with van der Waals surface area (Å²) in [5.41, 5.74) is 4.55. The summed E-state index contributed by atoms with van der Waals surface area (Å²) >= 11 is 0. The molecular weight excluding hydrogens is 224 g/mol. The number of rotatable bonds is 2. The minimum atomic E-state index is -0.0905. The molecule has 0 bridgehead atoms. The molecule has 1 heterocycles. The van der Waals surface area contributed by atoms with Crippen LogP contribution in [0.4, 0.5) is 5.69 Å². The molecule has 0 saturated carbocycles. The summed E-state index contributed by atoms with van der Waals surface area (Å²) < 4.78 is 0. The maximum Gasteiger partial charge on any atom is 0.256 e. The number of aryl methyl sites for hydroxylation is 3. The molecule has 0 fully saturated rings. The highest BCUT2D eigenvalue weighted by Gasteiger charge is 2.11. The highest BCUT2D eigenvalue weighted by atomic mass is 16.1. The number of pyridine rings is 1. The van der Waals surface area contributed by atoms with E-state index in [0.717, 1.165) is 22.4 Å². The van der Waals surface area contributed by atoms with Gasteiger partial charge < -0.3 is 5.32 Å². The summed E-state index contributed by atoms with van der Waals surface area (Å²) in [5.74, 6) is -0.0905. The lowest BCUT2D eigenvalue weighted by atomic mass is 10.1. The van der Waals surface area contributed by atoms with Gasteiger partial charge in [-0.25, -0.2) is 0 Å². The Morgan fingerprint density at radius 2 is 1.72 bits per heavy atom. The largest absolute Gasteiger partial charge is 0.321 e. The Morgan fingerprint density at radius 1 is 1.06 bits per heavy atom. The van der Waals surface area contributed by atoms with Crippen molar-refractivity contribution in [1.29, 1.82) is 0 Å². The first kappa shape index (κ1) is 12.3. The van der Waals surface area contributed by atoms with Crippen LogP contribution in [0.5, 0.6) is 0 Å². The smallest absolute Gasteiger partial charge is 0.256 e. The summed E-state index contributed by atoms with van der Waals surface area (Å²) in [6.07, 6.45) is 3.33. The number of hydrogen-bond acceptors (Lipinski definition) is 2. The number of para-hydroxylation sites is 1. The first-order valence-electron chi connectivity index (χ1n) is 5.88. The molecule has 0 saturated heterocycles. The van der Waals surface area contributed by atoms with E-state index >= 15 is 0 Å². The van der Waals surface area contributed by atoms with E-state index in [0.29, 0.717) is 5.56 Å². The van der Waals surface area contributed by atoms with Gasteiger partial charge in [0, 0.05) is 23.6 Å². The Kier molecular flexibility index (Phi) is 3.42. The van der Waals surface area contributed by atoms with Gasteiger partial charge in [-0.2, -0.15) is 0 Å². The Bertz CT molecular complexity index is 571. The van der Waals surface area contributed by atoms with E-state index in [1.54, 1.807) is 18.5 Å². The van der Waals surface area contributed by atoms with Crippen LogP contribution in [0, 0.1) is 20.8 Å². The molecule has 1 aromatic carbocycles. The molecule has 3 nitrogen and oxygen atoms in total. The van der Waals surface area contributed by atoms with Crippen LogP contribution in [0.1, 0.15) is 27.0 Å². The predicted octanol–water partition coefficient (Wildman–Crippen LogP) is 3.26. The zero-order valence-corrected chi connectivity index (χ0v) is 10.8. The third-order valence-corrected chi connectivity index (χ3v) is 2.98. The van der Waals surface area contributed by atoms with Gasteiger partial charge >= 0.3 is 0 Å². The summed E-state index contributed by atoms with van der Waals surface area (Å²) in [6, 6.07) is 7.69. The zero-order chi connectivity index (χ0) is 13.1. The van der Waals surface area contributed by atoms with Gasteiger partial charge in [0.15, 0.2) is 0 Å². The average molecular weight is 240 g/mol. The Labute approximate surface area is 107 Å². The van der Waals surface area contributed by atoms with Crippen LogP contribution in [0.15, 0.2) is 36.7 Å². The molecule has 0 aliphatic carbocycles. The number of benzene rings is 1. The van der Waals surface area contributed by atoms with Crippen LogP contribution >= 0.6 is 0 Å². The van der Waals surface area contributed by atoms with Crippen molar-refractivity contribution in [2.45, 2.75) is 20.8 Å². The van der Waals surface area contributed by atoms with E-state index in [4.69, 9.17) is 0 Å². The fourth-order valence-corrected chi connectivity index (χ4v) is 1.92. The third-order valence-electron chi connectivity index (χ3n) is 2.98. The van der Waals surface area contributed by atoms with E-state index < -0.39 is 0 Å². The van der Waals surface area contributed by atoms with Crippen molar-refractivity contribution < 1.29 is 4.79 Å². The molecular formula is C15H16N2O. The molecule has 0 radical (unpaired) electrons. The lowest BCUT2D eigenvalue weighted by Gasteiger charge is -2.12. The number of aromatic nitrogens is 1. The fourth-order valence-electron chi connectivity index (χ4n) is 1.92. The molecule has 0 spiro atoms. The first-order valence-corrected chi connectivity index (χ1v) is 5.88. The van der Waals surface area contributed by atoms with Crippen LogP contribution in [0.3, 0.4) is 0 Å². The van der Waals surface area contributed by atoms with Crippen molar-refractivity contribution in [2.75, 3.05) is 5.32 Å². The molecule has 2 aromatic rings. The lowest BCUT2D eigenvalue weighted by molar-refractivity contribution is 0.102. The molecule has 0 unspecified atom stereocenters. The second kappa shape index (κ2) is 5.00. The molecule has 2 rings (SSSR count). The average Bonchev–Trinajstić information content (AvgIpc) is 2.34. The van der Waals surface area contributed by atoms with Crippen molar-refractivity contribution in [3.05, 3.63) is 58.9 Å². The second-order valence-electron chi connectivity index (χ2n) is 4.41. The highest BCUT2D eigenvalue weighted by Crippen LogP contribution is 2.20. The summed E-state index contributed by atoms with van der Waals surface area (Å²) in [7, 11) is 0. The van der Waals surface area contributed by atoms with Crippen molar-refractivity contribution in [3.63, 3.8) is 0 Å². The Hall–Kier alpha value is -2.16. The first-order chi connectivity index (χ1) is 8.59. The van der Waals surface area contributed by atoms with E-state index in [2.05, 4.69) is 10.3 Å². The molecule has 92 valence electrons. The number of anilines is 1. The van der Waals surface area contributed by atoms with Crippen molar-refractivity contribution >= 4 is 11.6 Å². The Balaban J connectivity index is 2.30. The molecule has 3 heteroatoms. The number of carbonyl (C=O) groups is 1. The van der Waals surface area contributed by atoms with Gasteiger partial charge in [-0.15, -0.1) is 0 Å². The van der Waals surface area contributed by atoms with Crippen molar-refractivity contribution in [1.82, 2.24) is 4.98 Å². The minimum absolute atomic E-state index is 0.0905. The van der Waals surface area contributed by atoms with E-state index in [9.17, 15) is 4.79 Å². The van der Waals surface area contributed by atoms with Crippen molar-refractivity contribution in [3.8, 4) is 0 Å². The zero-order valence-electron chi connectivity index (χ0n) is 10.8. The van der Waals surface area contributed by atoms with E-state index in [1.807, 2.05) is 39.0 Å². The lowest BCUT2D eigenvalue weighted by Crippen LogP contribution is -2.15. The summed E-state index contributed by atoms with van der Waals surface area (Å²) in [4.78, 5) is 16.2. The van der Waals surface area contributed by atoms with Gasteiger partial charge in [0.25, 0.3) is 5.91 Å². The Morgan fingerprint density at radius 3 is 2.33 bits per heavy atom. The topological polar surface area (TPSA) is 42.0 Å². The van der Waals surface area contributed by atoms with Crippen LogP contribution in [-0.4, -0.2) is 10.9 Å². The molecule has 1 N–H and O–H groups in total. The van der Waals surface area contributed by atoms with Gasteiger partial charge in [0.2, 0.25) is 0 Å². The SMILES string of the molecule is Cc1cnccc1C(=O)Nc1c(C)cccc1C. The minimum Gasteiger partial charge on any atom is -0.321 e. The standard InChI is InChI=1S/C15H16N2O/c1-10-5-4-6-11(2)14(10)17-15(18)13-7-8-16-9-12(13)3/h4-9H,1-3H3,(H,17,18). The van der Waals surface area contributed by atoms with Gasteiger partial charge in [0.1, 0.15) is 0 Å². The van der Waals surface area contributed by atoms with Gasteiger partial charge in [-0.05, 0) is 43.5 Å². The van der Waals surface area contributed by atoms with Gasteiger partial charge in [0.05, 0.1) is 0 Å². The van der Waals surface area contributed by atoms with Crippen LogP contribution in [0.25, 0.3) is 0 Å². The molecule has 1 amide bonds. The van der Waals surface area contributed by atoms with Crippen LogP contribution in [-0.2, 0) is 0 Å². The number of hydrogen-bond donors (Lipinski definition) is 1. The predicted molar refractivity (Wildman–Crippen MR) is 72.8 cm³/mol. The monoisotopic (exact) mass is 240 g/mol. The number of amides is 1. The molecule has 18 heavy (non-hydrogen) atoms. The molecule has 0 aliphatic heterocycles. The van der Waals surface area contributed by atoms with E-state index in [1.165, 1.54) is 0 Å². The number of nitrogens with one attached hydrogen (secondary N) is 1. The third kappa shape index (κ3) is 2.40. The van der Waals surface area contributed by atoms with Gasteiger partial charge in [-0.1, -0.05) is 18.2 Å². The van der Waals surface area contributed by atoms with Crippen LogP contribution < -0.4 is 5.32 Å². The van der Waals surface area contributed by atoms with E-state index in [-0.39, 0.29) is 5.91 Å². The maximum atomic E-state index is 12.2. The van der Waals surface area contributed by atoms with Crippen molar-refractivity contribution in [2.24, 2.45) is 0 Å². The summed E-state index contributed by atoms with van der Waals surface area (Å²) in [5, 5.41) is 2.97. The number of nitrogens with zero attached hydrogens (tertiary/aromatic N) is 1. The molecule has 0 atom stereocenters. The maximum absolute atomic E-state index is 12.2. The summed E-state index contributed by atoms with van der Waals surface area (Å²) in [6.45, 7) is 5.86. The molecule has 1 aromatic heterocycles. The number of carbonyl (C=O) groups excluding carboxylic acids is 1.